The van der Waals surface area contributed by atoms with Gasteiger partial charge in [0.2, 0.25) is 0 Å². The molecular weight excluding hydrogens is 342 g/mol. The molecule has 20 heavy (non-hydrogen) atoms. The summed E-state index contributed by atoms with van der Waals surface area (Å²) in [5, 5.41) is 3.34. The van der Waals surface area contributed by atoms with Gasteiger partial charge in [-0.1, -0.05) is 13.0 Å². The highest BCUT2D eigenvalue weighted by Crippen LogP contribution is 2.26. The molecular formula is C14H22BrNO3S. The molecule has 0 saturated carbocycles. The summed E-state index contributed by atoms with van der Waals surface area (Å²) in [6, 6.07) is 5.95. The van der Waals surface area contributed by atoms with Crippen LogP contribution in [0.2, 0.25) is 0 Å². The summed E-state index contributed by atoms with van der Waals surface area (Å²) in [6.07, 6.45) is 2.86. The Morgan fingerprint density at radius 2 is 2.10 bits per heavy atom. The van der Waals surface area contributed by atoms with Crippen LogP contribution in [0.1, 0.15) is 25.3 Å². The van der Waals surface area contributed by atoms with Gasteiger partial charge in [-0.2, -0.15) is 0 Å². The number of hydrogen-bond acceptors (Lipinski definition) is 4. The number of benzene rings is 1. The van der Waals surface area contributed by atoms with Crippen LogP contribution in [-0.4, -0.2) is 33.6 Å². The monoisotopic (exact) mass is 363 g/mol. The van der Waals surface area contributed by atoms with Crippen molar-refractivity contribution in [1.29, 1.82) is 0 Å². The number of halogens is 1. The topological polar surface area (TPSA) is 55.4 Å². The average Bonchev–Trinajstić information content (AvgIpc) is 2.36. The van der Waals surface area contributed by atoms with Gasteiger partial charge in [-0.05, 0) is 53.0 Å². The fourth-order valence-electron chi connectivity index (χ4n) is 1.68. The van der Waals surface area contributed by atoms with Crippen molar-refractivity contribution >= 4 is 25.8 Å². The zero-order valence-electron chi connectivity index (χ0n) is 12.0. The van der Waals surface area contributed by atoms with E-state index >= 15 is 0 Å². The first-order chi connectivity index (χ1) is 9.42. The van der Waals surface area contributed by atoms with E-state index in [1.807, 2.05) is 18.2 Å². The summed E-state index contributed by atoms with van der Waals surface area (Å²) in [4.78, 5) is 0. The van der Waals surface area contributed by atoms with Crippen LogP contribution < -0.4 is 10.1 Å². The van der Waals surface area contributed by atoms with E-state index in [0.29, 0.717) is 13.0 Å². The van der Waals surface area contributed by atoms with Gasteiger partial charge in [0.1, 0.15) is 15.6 Å². The van der Waals surface area contributed by atoms with Crippen molar-refractivity contribution < 1.29 is 13.2 Å². The third kappa shape index (κ3) is 7.26. The minimum atomic E-state index is -2.91. The second-order valence-electron chi connectivity index (χ2n) is 4.77. The Kier molecular flexibility index (Phi) is 7.55. The first-order valence-corrected chi connectivity index (χ1v) is 9.57. The van der Waals surface area contributed by atoms with Gasteiger partial charge in [0.25, 0.3) is 0 Å². The minimum Gasteiger partial charge on any atom is -0.492 e. The molecule has 0 heterocycles. The summed E-state index contributed by atoms with van der Waals surface area (Å²) in [5.74, 6) is 0.904. The Bertz CT molecular complexity index is 517. The molecule has 0 radical (unpaired) electrons. The van der Waals surface area contributed by atoms with Crippen molar-refractivity contribution in [2.45, 2.75) is 26.3 Å². The van der Waals surface area contributed by atoms with Crippen LogP contribution in [0.4, 0.5) is 0 Å². The Balaban J connectivity index is 2.43. The van der Waals surface area contributed by atoms with E-state index in [9.17, 15) is 8.42 Å². The lowest BCUT2D eigenvalue weighted by molar-refractivity contribution is 0.315. The number of rotatable bonds is 9. The van der Waals surface area contributed by atoms with Gasteiger partial charge < -0.3 is 10.1 Å². The molecule has 114 valence electrons. The molecule has 1 N–H and O–H groups in total. The molecule has 4 nitrogen and oxygen atoms in total. The molecule has 0 unspecified atom stereocenters. The van der Waals surface area contributed by atoms with E-state index in [4.69, 9.17) is 4.74 Å². The quantitative estimate of drug-likeness (QED) is 0.685. The molecule has 0 atom stereocenters. The normalized spacial score (nSPS) is 11.6. The van der Waals surface area contributed by atoms with Crippen LogP contribution in [-0.2, 0) is 16.4 Å². The largest absolute Gasteiger partial charge is 0.492 e. The molecule has 0 amide bonds. The van der Waals surface area contributed by atoms with Crippen LogP contribution in [0.5, 0.6) is 5.75 Å². The highest BCUT2D eigenvalue weighted by atomic mass is 79.9. The molecule has 0 aliphatic heterocycles. The van der Waals surface area contributed by atoms with Crippen LogP contribution >= 0.6 is 15.9 Å². The van der Waals surface area contributed by atoms with Crippen molar-refractivity contribution in [3.63, 3.8) is 0 Å². The fourth-order valence-corrected chi connectivity index (χ4v) is 2.87. The molecule has 0 fully saturated rings. The third-order valence-corrected chi connectivity index (χ3v) is 4.32. The lowest BCUT2D eigenvalue weighted by Gasteiger charge is -2.10. The summed E-state index contributed by atoms with van der Waals surface area (Å²) in [5.41, 5.74) is 1.19. The summed E-state index contributed by atoms with van der Waals surface area (Å²) < 4.78 is 28.5. The smallest absolute Gasteiger partial charge is 0.147 e. The molecule has 0 saturated heterocycles. The second kappa shape index (κ2) is 8.64. The van der Waals surface area contributed by atoms with Crippen molar-refractivity contribution in [2.75, 3.05) is 25.2 Å². The third-order valence-electron chi connectivity index (χ3n) is 2.67. The van der Waals surface area contributed by atoms with Gasteiger partial charge in [-0.3, -0.25) is 0 Å². The Hall–Kier alpha value is -0.590. The lowest BCUT2D eigenvalue weighted by Crippen LogP contribution is -2.13. The molecule has 1 rings (SSSR count). The van der Waals surface area contributed by atoms with E-state index in [1.54, 1.807) is 0 Å². The van der Waals surface area contributed by atoms with E-state index in [1.165, 1.54) is 11.8 Å². The molecule has 0 aliphatic rings. The van der Waals surface area contributed by atoms with Crippen molar-refractivity contribution in [2.24, 2.45) is 0 Å². The molecule has 1 aromatic rings. The lowest BCUT2D eigenvalue weighted by atomic mass is 10.2. The molecule has 1 aromatic carbocycles. The predicted octanol–water partition coefficient (Wildman–Crippen LogP) is 2.76. The van der Waals surface area contributed by atoms with Gasteiger partial charge in [0.05, 0.1) is 16.8 Å². The van der Waals surface area contributed by atoms with Gasteiger partial charge >= 0.3 is 0 Å². The second-order valence-corrected chi connectivity index (χ2v) is 7.89. The molecule has 0 bridgehead atoms. The number of ether oxygens (including phenoxy) is 1. The maximum Gasteiger partial charge on any atom is 0.147 e. The van der Waals surface area contributed by atoms with Gasteiger partial charge in [0, 0.05) is 12.8 Å². The van der Waals surface area contributed by atoms with E-state index in [-0.39, 0.29) is 5.75 Å². The van der Waals surface area contributed by atoms with E-state index < -0.39 is 9.84 Å². The Labute approximate surface area is 130 Å². The number of hydrogen-bond donors (Lipinski definition) is 1. The summed E-state index contributed by atoms with van der Waals surface area (Å²) in [6.45, 7) is 4.37. The summed E-state index contributed by atoms with van der Waals surface area (Å²) >= 11 is 3.48. The van der Waals surface area contributed by atoms with Crippen LogP contribution in [0.15, 0.2) is 22.7 Å². The van der Waals surface area contributed by atoms with Crippen LogP contribution in [0.25, 0.3) is 0 Å². The first kappa shape index (κ1) is 17.5. The fraction of sp³-hybridized carbons (Fsp3) is 0.571. The SMILES string of the molecule is CCCNCc1ccc(OCCCS(C)(=O)=O)c(Br)c1. The molecule has 0 spiro atoms. The van der Waals surface area contributed by atoms with Gasteiger partial charge in [-0.15, -0.1) is 0 Å². The predicted molar refractivity (Wildman–Crippen MR) is 86.0 cm³/mol. The minimum absolute atomic E-state index is 0.156. The van der Waals surface area contributed by atoms with Crippen molar-refractivity contribution in [3.05, 3.63) is 28.2 Å². The van der Waals surface area contributed by atoms with Crippen molar-refractivity contribution in [1.82, 2.24) is 5.32 Å². The van der Waals surface area contributed by atoms with Crippen LogP contribution in [0, 0.1) is 0 Å². The maximum atomic E-state index is 11.0. The highest BCUT2D eigenvalue weighted by molar-refractivity contribution is 9.10. The molecule has 0 aliphatic carbocycles. The zero-order chi connectivity index (χ0) is 15.0. The van der Waals surface area contributed by atoms with Crippen molar-refractivity contribution in [3.8, 4) is 5.75 Å². The molecule has 0 aromatic heterocycles. The zero-order valence-corrected chi connectivity index (χ0v) is 14.4. The standard InChI is InChI=1S/C14H22BrNO3S/c1-3-7-16-11-12-5-6-14(13(15)10-12)19-8-4-9-20(2,17)18/h5-6,10,16H,3-4,7-9,11H2,1-2H3. The summed E-state index contributed by atoms with van der Waals surface area (Å²) in [7, 11) is -2.91. The maximum absolute atomic E-state index is 11.0. The van der Waals surface area contributed by atoms with Crippen LogP contribution in [0.3, 0.4) is 0 Å². The molecule has 6 heteroatoms. The Morgan fingerprint density at radius 1 is 1.35 bits per heavy atom. The average molecular weight is 364 g/mol. The number of sulfone groups is 1. The number of nitrogens with one attached hydrogen (secondary N) is 1. The van der Waals surface area contributed by atoms with E-state index in [2.05, 4.69) is 28.2 Å². The highest BCUT2D eigenvalue weighted by Gasteiger charge is 2.05. The Morgan fingerprint density at radius 3 is 2.70 bits per heavy atom. The van der Waals surface area contributed by atoms with E-state index in [0.717, 1.165) is 29.7 Å². The van der Waals surface area contributed by atoms with Gasteiger partial charge in [0.15, 0.2) is 0 Å². The first-order valence-electron chi connectivity index (χ1n) is 6.72. The van der Waals surface area contributed by atoms with Gasteiger partial charge in [-0.25, -0.2) is 8.42 Å².